The molecule has 1 aromatic heterocycles. The third-order valence-electron chi connectivity index (χ3n) is 3.81. The first-order valence-corrected chi connectivity index (χ1v) is 7.77. The summed E-state index contributed by atoms with van der Waals surface area (Å²) >= 11 is 0. The van der Waals surface area contributed by atoms with Crippen LogP contribution in [0.25, 0.3) is 0 Å². The van der Waals surface area contributed by atoms with Crippen LogP contribution >= 0.6 is 0 Å². The van der Waals surface area contributed by atoms with E-state index in [9.17, 15) is 18.7 Å². The maximum Gasteiger partial charge on any atom is 0.273 e. The van der Waals surface area contributed by atoms with Crippen molar-refractivity contribution in [2.45, 2.75) is 31.9 Å². The first-order chi connectivity index (χ1) is 11.7. The lowest BCUT2D eigenvalue weighted by atomic mass is 9.90. The molecule has 0 fully saturated rings. The van der Waals surface area contributed by atoms with E-state index in [2.05, 4.69) is 15.8 Å². The Bertz CT molecular complexity index is 726. The number of hydrogen-bond acceptors (Lipinski definition) is 5. The Labute approximate surface area is 144 Å². The predicted molar refractivity (Wildman–Crippen MR) is 87.1 cm³/mol. The molecule has 25 heavy (non-hydrogen) atoms. The molecule has 0 spiro atoms. The molecule has 0 aliphatic carbocycles. The van der Waals surface area contributed by atoms with Crippen molar-refractivity contribution in [3.63, 3.8) is 0 Å². The Balaban J connectivity index is 2.24. The molecule has 8 heteroatoms. The molecule has 0 saturated heterocycles. The number of nitrogens with one attached hydrogen (secondary N) is 2. The molecule has 0 aliphatic heterocycles. The molecule has 1 amide bonds. The highest BCUT2D eigenvalue weighted by Gasteiger charge is 2.33. The summed E-state index contributed by atoms with van der Waals surface area (Å²) in [5.74, 6) is -1.52. The summed E-state index contributed by atoms with van der Waals surface area (Å²) < 4.78 is 31.7. The summed E-state index contributed by atoms with van der Waals surface area (Å²) in [7, 11) is 1.65. The monoisotopic (exact) mass is 353 g/mol. The Morgan fingerprint density at radius 1 is 1.32 bits per heavy atom. The first-order valence-electron chi connectivity index (χ1n) is 7.77. The molecule has 136 valence electrons. The van der Waals surface area contributed by atoms with Gasteiger partial charge >= 0.3 is 0 Å². The molecule has 3 N–H and O–H groups in total. The van der Waals surface area contributed by atoms with Gasteiger partial charge in [-0.3, -0.25) is 4.79 Å². The minimum atomic E-state index is -1.37. The van der Waals surface area contributed by atoms with Gasteiger partial charge in [-0.2, -0.15) is 0 Å². The first kappa shape index (κ1) is 19.0. The zero-order valence-electron chi connectivity index (χ0n) is 14.3. The average molecular weight is 353 g/mol. The fourth-order valence-electron chi connectivity index (χ4n) is 2.58. The van der Waals surface area contributed by atoms with Crippen LogP contribution in [0.4, 0.5) is 8.78 Å². The van der Waals surface area contributed by atoms with E-state index in [0.29, 0.717) is 11.3 Å². The van der Waals surface area contributed by atoms with Gasteiger partial charge in [0.1, 0.15) is 17.4 Å². The summed E-state index contributed by atoms with van der Waals surface area (Å²) in [6.45, 7) is 3.33. The molecule has 2 atom stereocenters. The number of amides is 1. The number of aryl methyl sites for hydroxylation is 1. The van der Waals surface area contributed by atoms with Crippen molar-refractivity contribution in [3.8, 4) is 0 Å². The lowest BCUT2D eigenvalue weighted by molar-refractivity contribution is 0.0204. The van der Waals surface area contributed by atoms with E-state index < -0.39 is 29.2 Å². The summed E-state index contributed by atoms with van der Waals surface area (Å²) in [4.78, 5) is 12.3. The third kappa shape index (κ3) is 5.07. The van der Waals surface area contributed by atoms with Crippen molar-refractivity contribution >= 4 is 5.91 Å². The molecule has 0 unspecified atom stereocenters. The van der Waals surface area contributed by atoms with Gasteiger partial charge in [0.05, 0.1) is 11.6 Å². The predicted octanol–water partition coefficient (Wildman–Crippen LogP) is 1.57. The Kier molecular flexibility index (Phi) is 5.86. The van der Waals surface area contributed by atoms with Crippen LogP contribution in [0.1, 0.15) is 28.7 Å². The third-order valence-corrected chi connectivity index (χ3v) is 3.81. The number of likely N-dealkylation sites (N-methyl/N-ethyl adjacent to an activating group) is 1. The van der Waals surface area contributed by atoms with Crippen molar-refractivity contribution in [3.05, 3.63) is 52.9 Å². The Morgan fingerprint density at radius 2 is 1.96 bits per heavy atom. The van der Waals surface area contributed by atoms with Crippen molar-refractivity contribution < 1.29 is 23.2 Å². The molecule has 2 aromatic rings. The quantitative estimate of drug-likeness (QED) is 0.703. The number of rotatable bonds is 7. The molecular formula is C17H21F2N3O3. The van der Waals surface area contributed by atoms with E-state index in [-0.39, 0.29) is 18.7 Å². The second kappa shape index (κ2) is 7.71. The number of hydrogen-bond donors (Lipinski definition) is 3. The summed E-state index contributed by atoms with van der Waals surface area (Å²) in [5, 5.41) is 19.8. The van der Waals surface area contributed by atoms with Gasteiger partial charge in [0.25, 0.3) is 5.91 Å². The molecule has 0 aliphatic rings. The highest BCUT2D eigenvalue weighted by Crippen LogP contribution is 2.18. The van der Waals surface area contributed by atoms with Crippen LogP contribution < -0.4 is 10.6 Å². The highest BCUT2D eigenvalue weighted by atomic mass is 19.1. The molecule has 0 bridgehead atoms. The lowest BCUT2D eigenvalue weighted by Gasteiger charge is -2.33. The van der Waals surface area contributed by atoms with Gasteiger partial charge in [-0.05, 0) is 45.0 Å². The fraction of sp³-hybridized carbons (Fsp3) is 0.412. The summed E-state index contributed by atoms with van der Waals surface area (Å²) in [6.07, 6.45) is 0.0337. The molecule has 2 rings (SSSR count). The number of nitrogens with zero attached hydrogens (tertiary/aromatic N) is 1. The van der Waals surface area contributed by atoms with Gasteiger partial charge in [-0.1, -0.05) is 5.16 Å². The lowest BCUT2D eigenvalue weighted by Crippen LogP contribution is -2.56. The minimum absolute atomic E-state index is 0.0337. The van der Waals surface area contributed by atoms with Crippen molar-refractivity contribution in [2.24, 2.45) is 0 Å². The Morgan fingerprint density at radius 3 is 2.48 bits per heavy atom. The van der Waals surface area contributed by atoms with Crippen molar-refractivity contribution in [2.75, 3.05) is 13.6 Å². The van der Waals surface area contributed by atoms with E-state index in [1.165, 1.54) is 13.0 Å². The molecule has 1 aromatic carbocycles. The van der Waals surface area contributed by atoms with E-state index >= 15 is 0 Å². The number of aromatic nitrogens is 1. The number of aliphatic hydroxyl groups is 1. The van der Waals surface area contributed by atoms with Gasteiger partial charge in [0.2, 0.25) is 0 Å². The summed E-state index contributed by atoms with van der Waals surface area (Å²) in [5.41, 5.74) is -0.991. The second-order valence-electron chi connectivity index (χ2n) is 6.22. The fourth-order valence-corrected chi connectivity index (χ4v) is 2.58. The summed E-state index contributed by atoms with van der Waals surface area (Å²) in [6, 6.07) is 3.74. The van der Waals surface area contributed by atoms with Crippen LogP contribution in [0.3, 0.4) is 0 Å². The number of halogens is 2. The normalized spacial score (nSPS) is 14.8. The number of carbonyl (C=O) groups is 1. The van der Waals surface area contributed by atoms with E-state index in [1.54, 1.807) is 14.0 Å². The maximum atomic E-state index is 13.4. The maximum absolute atomic E-state index is 13.4. The van der Waals surface area contributed by atoms with Crippen LogP contribution in [0.5, 0.6) is 0 Å². The van der Waals surface area contributed by atoms with Gasteiger partial charge in [0.15, 0.2) is 5.69 Å². The molecule has 0 radical (unpaired) electrons. The molecule has 0 saturated carbocycles. The Hall–Kier alpha value is -2.32. The highest BCUT2D eigenvalue weighted by molar-refractivity contribution is 5.92. The average Bonchev–Trinajstić information content (AvgIpc) is 2.92. The number of benzene rings is 1. The largest absolute Gasteiger partial charge is 0.387 e. The van der Waals surface area contributed by atoms with Crippen LogP contribution in [-0.4, -0.2) is 41.4 Å². The van der Waals surface area contributed by atoms with Gasteiger partial charge in [0, 0.05) is 18.7 Å². The minimum Gasteiger partial charge on any atom is -0.387 e. The van der Waals surface area contributed by atoms with Gasteiger partial charge in [-0.15, -0.1) is 0 Å². The zero-order valence-corrected chi connectivity index (χ0v) is 14.3. The molecule has 6 nitrogen and oxygen atoms in total. The smallest absolute Gasteiger partial charge is 0.273 e. The molecular weight excluding hydrogens is 332 g/mol. The van der Waals surface area contributed by atoms with E-state index in [1.807, 2.05) is 0 Å². The second-order valence-corrected chi connectivity index (χ2v) is 6.22. The number of carbonyl (C=O) groups excluding carboxylic acids is 1. The van der Waals surface area contributed by atoms with Gasteiger partial charge in [-0.25, -0.2) is 8.78 Å². The van der Waals surface area contributed by atoms with Crippen molar-refractivity contribution in [1.82, 2.24) is 15.8 Å². The molecule has 1 heterocycles. The van der Waals surface area contributed by atoms with Crippen LogP contribution in [0.2, 0.25) is 0 Å². The topological polar surface area (TPSA) is 87.4 Å². The van der Waals surface area contributed by atoms with E-state index in [4.69, 9.17) is 4.52 Å². The van der Waals surface area contributed by atoms with Crippen LogP contribution in [-0.2, 0) is 6.42 Å². The SMILES string of the molecule is CNC[C@@](C)(O)[C@H](Cc1cc(F)cc(F)c1)NC(=O)c1cc(C)on1. The van der Waals surface area contributed by atoms with Crippen molar-refractivity contribution in [1.29, 1.82) is 0 Å². The van der Waals surface area contributed by atoms with Crippen LogP contribution in [0, 0.1) is 18.6 Å². The standard InChI is InChI=1S/C17H21F2N3O3/c1-10-4-14(22-25-10)16(23)21-15(17(2,24)9-20-3)7-11-5-12(18)8-13(19)6-11/h4-6,8,15,20,24H,7,9H2,1-3H3,(H,21,23)/t15-,17+/m0/s1. The van der Waals surface area contributed by atoms with Crippen LogP contribution in [0.15, 0.2) is 28.8 Å². The zero-order chi connectivity index (χ0) is 18.6. The van der Waals surface area contributed by atoms with Gasteiger partial charge < -0.3 is 20.3 Å². The van der Waals surface area contributed by atoms with E-state index in [0.717, 1.165) is 18.2 Å².